The highest BCUT2D eigenvalue weighted by atomic mass is 79.9. The summed E-state index contributed by atoms with van der Waals surface area (Å²) in [6.45, 7) is 2.49. The van der Waals surface area contributed by atoms with Crippen molar-refractivity contribution in [3.05, 3.63) is 50.5 Å². The summed E-state index contributed by atoms with van der Waals surface area (Å²) in [7, 11) is 1.87. The summed E-state index contributed by atoms with van der Waals surface area (Å²) in [6, 6.07) is 5.08. The Kier molecular flexibility index (Phi) is 4.46. The van der Waals surface area contributed by atoms with E-state index in [4.69, 9.17) is 0 Å². The van der Waals surface area contributed by atoms with E-state index < -0.39 is 4.92 Å². The molecule has 2 aromatic rings. The van der Waals surface area contributed by atoms with Crippen molar-refractivity contribution < 1.29 is 4.92 Å². The lowest BCUT2D eigenvalue weighted by Gasteiger charge is -2.12. The molecule has 0 saturated heterocycles. The van der Waals surface area contributed by atoms with Gasteiger partial charge in [-0.05, 0) is 34.5 Å². The summed E-state index contributed by atoms with van der Waals surface area (Å²) in [5.41, 5.74) is 0.907. The van der Waals surface area contributed by atoms with Crippen LogP contribution in [0.1, 0.15) is 24.4 Å². The van der Waals surface area contributed by atoms with Crippen LogP contribution in [0.4, 0.5) is 5.69 Å². The van der Waals surface area contributed by atoms with Gasteiger partial charge in [0.25, 0.3) is 5.69 Å². The minimum Gasteiger partial charge on any atom is -0.319 e. The van der Waals surface area contributed by atoms with Crippen molar-refractivity contribution in [2.75, 3.05) is 0 Å². The molecule has 0 aliphatic rings. The van der Waals surface area contributed by atoms with Gasteiger partial charge >= 0.3 is 0 Å². The van der Waals surface area contributed by atoms with Crippen LogP contribution >= 0.6 is 15.9 Å². The van der Waals surface area contributed by atoms with Gasteiger partial charge in [0.1, 0.15) is 12.2 Å². The third-order valence-corrected chi connectivity index (χ3v) is 3.62. The number of nitrogens with one attached hydrogen (secondary N) is 1. The molecule has 0 fully saturated rings. The van der Waals surface area contributed by atoms with Gasteiger partial charge < -0.3 is 9.88 Å². The summed E-state index contributed by atoms with van der Waals surface area (Å²) >= 11 is 3.17. The molecule has 1 aromatic heterocycles. The number of aromatic nitrogens is 3. The number of nitrogens with zero attached hydrogens (tertiary/aromatic N) is 4. The van der Waals surface area contributed by atoms with E-state index in [0.717, 1.165) is 11.4 Å². The molecular weight excluding hydrogens is 326 g/mol. The Balaban J connectivity index is 2.06. The van der Waals surface area contributed by atoms with Crippen LogP contribution in [0.2, 0.25) is 0 Å². The van der Waals surface area contributed by atoms with E-state index in [9.17, 15) is 10.1 Å². The Hall–Kier alpha value is -1.80. The van der Waals surface area contributed by atoms with Crippen molar-refractivity contribution in [1.82, 2.24) is 20.1 Å². The second-order valence-corrected chi connectivity index (χ2v) is 5.30. The Morgan fingerprint density at radius 1 is 1.55 bits per heavy atom. The summed E-state index contributed by atoms with van der Waals surface area (Å²) in [6.07, 6.45) is 1.64. The molecule has 20 heavy (non-hydrogen) atoms. The van der Waals surface area contributed by atoms with Gasteiger partial charge in [-0.25, -0.2) is 0 Å². The number of rotatable bonds is 5. The van der Waals surface area contributed by atoms with E-state index in [1.807, 2.05) is 24.6 Å². The average molecular weight is 340 g/mol. The number of benzene rings is 1. The molecule has 0 bridgehead atoms. The molecule has 1 N–H and O–H groups in total. The van der Waals surface area contributed by atoms with E-state index in [0.29, 0.717) is 11.0 Å². The maximum Gasteiger partial charge on any atom is 0.283 e. The topological polar surface area (TPSA) is 85.9 Å². The second-order valence-electron chi connectivity index (χ2n) is 4.45. The number of aryl methyl sites for hydroxylation is 1. The number of hydrogen-bond donors (Lipinski definition) is 1. The fraction of sp³-hybridized carbons (Fsp3) is 0.333. The Morgan fingerprint density at radius 3 is 2.90 bits per heavy atom. The van der Waals surface area contributed by atoms with Crippen molar-refractivity contribution in [2.45, 2.75) is 19.5 Å². The minimum atomic E-state index is -0.403. The zero-order valence-electron chi connectivity index (χ0n) is 11.1. The Bertz CT molecular complexity index is 628. The molecule has 106 valence electrons. The fourth-order valence-electron chi connectivity index (χ4n) is 1.85. The largest absolute Gasteiger partial charge is 0.319 e. The second kappa shape index (κ2) is 6.10. The highest BCUT2D eigenvalue weighted by Crippen LogP contribution is 2.25. The zero-order chi connectivity index (χ0) is 14.7. The van der Waals surface area contributed by atoms with Gasteiger partial charge in [0, 0.05) is 19.7 Å². The zero-order valence-corrected chi connectivity index (χ0v) is 12.7. The van der Waals surface area contributed by atoms with Crippen molar-refractivity contribution in [3.63, 3.8) is 0 Å². The van der Waals surface area contributed by atoms with Gasteiger partial charge in [-0.1, -0.05) is 6.07 Å². The van der Waals surface area contributed by atoms with Crippen LogP contribution in [-0.2, 0) is 13.6 Å². The lowest BCUT2D eigenvalue weighted by atomic mass is 10.2. The minimum absolute atomic E-state index is 0.00482. The molecule has 0 saturated carbocycles. The third kappa shape index (κ3) is 3.20. The lowest BCUT2D eigenvalue weighted by Crippen LogP contribution is -2.21. The monoisotopic (exact) mass is 339 g/mol. The summed E-state index contributed by atoms with van der Waals surface area (Å²) in [5.74, 6) is 0.816. The molecule has 0 aliphatic carbocycles. The van der Waals surface area contributed by atoms with Crippen LogP contribution in [0, 0.1) is 10.1 Å². The Labute approximate surface area is 124 Å². The maximum absolute atomic E-state index is 10.9. The molecule has 1 atom stereocenters. The van der Waals surface area contributed by atoms with Crippen LogP contribution in [0.5, 0.6) is 0 Å². The van der Waals surface area contributed by atoms with Crippen LogP contribution in [0.15, 0.2) is 29.0 Å². The predicted octanol–water partition coefficient (Wildman–Crippen LogP) is 2.34. The van der Waals surface area contributed by atoms with Gasteiger partial charge in [-0.2, -0.15) is 0 Å². The first-order valence-corrected chi connectivity index (χ1v) is 6.78. The molecule has 8 heteroatoms. The molecule has 7 nitrogen and oxygen atoms in total. The first-order chi connectivity index (χ1) is 9.49. The number of nitro benzene ring substituents is 1. The standard InChI is InChI=1S/C12H14BrN5O2/c1-8(12-16-15-7-17(12)2)14-6-9-3-4-10(13)11(5-9)18(19)20/h3-5,7-8,14H,6H2,1-2H3. The normalized spacial score (nSPS) is 12.3. The van der Waals surface area contributed by atoms with E-state index in [1.165, 1.54) is 0 Å². The molecule has 1 unspecified atom stereocenters. The molecule has 2 rings (SSSR count). The van der Waals surface area contributed by atoms with Gasteiger partial charge in [0.05, 0.1) is 15.4 Å². The third-order valence-electron chi connectivity index (χ3n) is 2.95. The van der Waals surface area contributed by atoms with Crippen LogP contribution in [0.25, 0.3) is 0 Å². The average Bonchev–Trinajstić information content (AvgIpc) is 2.83. The fourth-order valence-corrected chi connectivity index (χ4v) is 2.25. The van der Waals surface area contributed by atoms with Crippen molar-refractivity contribution >= 4 is 21.6 Å². The van der Waals surface area contributed by atoms with Gasteiger partial charge in [0.15, 0.2) is 0 Å². The smallest absolute Gasteiger partial charge is 0.283 e. The molecular formula is C12H14BrN5O2. The molecule has 1 aromatic carbocycles. The van der Waals surface area contributed by atoms with Crippen molar-refractivity contribution in [3.8, 4) is 0 Å². The van der Waals surface area contributed by atoms with E-state index in [2.05, 4.69) is 31.4 Å². The Morgan fingerprint density at radius 2 is 2.30 bits per heavy atom. The highest BCUT2D eigenvalue weighted by Gasteiger charge is 2.14. The van der Waals surface area contributed by atoms with Crippen LogP contribution in [0.3, 0.4) is 0 Å². The first-order valence-electron chi connectivity index (χ1n) is 5.99. The molecule has 0 aliphatic heterocycles. The van der Waals surface area contributed by atoms with Crippen molar-refractivity contribution in [1.29, 1.82) is 0 Å². The van der Waals surface area contributed by atoms with E-state index in [1.54, 1.807) is 18.5 Å². The van der Waals surface area contributed by atoms with E-state index in [-0.39, 0.29) is 11.7 Å². The summed E-state index contributed by atoms with van der Waals surface area (Å²) < 4.78 is 2.31. The number of nitro groups is 1. The molecule has 1 heterocycles. The lowest BCUT2D eigenvalue weighted by molar-refractivity contribution is -0.385. The quantitative estimate of drug-likeness (QED) is 0.667. The SMILES string of the molecule is CC(NCc1ccc(Br)c([N+](=O)[O-])c1)c1nncn1C. The van der Waals surface area contributed by atoms with Gasteiger partial charge in [0.2, 0.25) is 0 Å². The predicted molar refractivity (Wildman–Crippen MR) is 77.1 cm³/mol. The highest BCUT2D eigenvalue weighted by molar-refractivity contribution is 9.10. The van der Waals surface area contributed by atoms with Gasteiger partial charge in [-0.3, -0.25) is 10.1 Å². The van der Waals surface area contributed by atoms with Gasteiger partial charge in [-0.15, -0.1) is 10.2 Å². The summed E-state index contributed by atoms with van der Waals surface area (Å²) in [5, 5.41) is 22.0. The molecule has 0 radical (unpaired) electrons. The number of hydrogen-bond acceptors (Lipinski definition) is 5. The van der Waals surface area contributed by atoms with Crippen molar-refractivity contribution in [2.24, 2.45) is 7.05 Å². The molecule has 0 spiro atoms. The van der Waals surface area contributed by atoms with Crippen LogP contribution < -0.4 is 5.32 Å². The van der Waals surface area contributed by atoms with E-state index >= 15 is 0 Å². The first kappa shape index (κ1) is 14.6. The maximum atomic E-state index is 10.9. The number of halogens is 1. The summed E-state index contributed by atoms with van der Waals surface area (Å²) in [4.78, 5) is 10.5. The van der Waals surface area contributed by atoms with Crippen LogP contribution in [-0.4, -0.2) is 19.7 Å². The molecule has 0 amide bonds.